The summed E-state index contributed by atoms with van der Waals surface area (Å²) in [5.41, 5.74) is 3.22. The van der Waals surface area contributed by atoms with Gasteiger partial charge in [0.25, 0.3) is 6.01 Å². The summed E-state index contributed by atoms with van der Waals surface area (Å²) in [6.45, 7) is 0.472. The number of rotatable bonds is 6. The summed E-state index contributed by atoms with van der Waals surface area (Å²) in [4.78, 5) is 12.1. The first-order valence-electron chi connectivity index (χ1n) is 11.7. The molecular weight excluding hydrogens is 539 g/mol. The molecule has 4 atom stereocenters. The number of hydrogen-bond donors (Lipinski definition) is 3. The highest BCUT2D eigenvalue weighted by Crippen LogP contribution is 2.33. The summed E-state index contributed by atoms with van der Waals surface area (Å²) < 4.78 is 56.8. The molecule has 2 fully saturated rings. The van der Waals surface area contributed by atoms with Gasteiger partial charge in [0.15, 0.2) is 11.8 Å². The Bertz CT molecular complexity index is 1630. The molecule has 4 aromatic rings. The van der Waals surface area contributed by atoms with E-state index < -0.39 is 34.2 Å². The van der Waals surface area contributed by atoms with Crippen molar-refractivity contribution in [2.24, 2.45) is 0 Å². The van der Waals surface area contributed by atoms with Gasteiger partial charge in [0.1, 0.15) is 24.1 Å². The highest BCUT2D eigenvalue weighted by atomic mass is 35.5. The Kier molecular flexibility index (Phi) is 6.23. The smallest absolute Gasteiger partial charge is 0.296 e. The Morgan fingerprint density at radius 1 is 1.08 bits per heavy atom. The molecular formula is C25H22ClFN4O6S. The zero-order valence-electron chi connectivity index (χ0n) is 19.9. The second-order valence-electron chi connectivity index (χ2n) is 9.20. The van der Waals surface area contributed by atoms with Crippen molar-refractivity contribution in [3.8, 4) is 28.4 Å². The predicted molar refractivity (Wildman–Crippen MR) is 138 cm³/mol. The van der Waals surface area contributed by atoms with Crippen LogP contribution < -0.4 is 9.46 Å². The fourth-order valence-corrected chi connectivity index (χ4v) is 5.49. The lowest BCUT2D eigenvalue weighted by Gasteiger charge is -2.15. The standard InChI is InChI=1S/C25H22ClFN4O6S/c1-38(33,34)31-14-6-7-15(17(27)8-14)12-2-4-13(5-3-12)21-16(26)9-18-24(29-21)30-25(28-18)37-20-11-36-22-19(32)10-35-23(20)22/h2-9,19-20,22-23,31-32H,10-11H2,1H3,(H,28,29,30)/t19-,20-,22-,23-/m1/s1. The lowest BCUT2D eigenvalue weighted by atomic mass is 10.0. The van der Waals surface area contributed by atoms with Gasteiger partial charge < -0.3 is 24.3 Å². The fourth-order valence-electron chi connectivity index (χ4n) is 4.68. The van der Waals surface area contributed by atoms with E-state index >= 15 is 0 Å². The molecule has 38 heavy (non-hydrogen) atoms. The summed E-state index contributed by atoms with van der Waals surface area (Å²) in [5.74, 6) is -0.565. The molecule has 0 amide bonds. The maximum Gasteiger partial charge on any atom is 0.296 e. The molecule has 6 rings (SSSR count). The molecule has 0 radical (unpaired) electrons. The van der Waals surface area contributed by atoms with Crippen LogP contribution in [0.3, 0.4) is 0 Å². The summed E-state index contributed by atoms with van der Waals surface area (Å²) >= 11 is 6.52. The lowest BCUT2D eigenvalue weighted by molar-refractivity contribution is 0.00706. The van der Waals surface area contributed by atoms with Crippen molar-refractivity contribution in [1.82, 2.24) is 15.0 Å². The van der Waals surface area contributed by atoms with Crippen molar-refractivity contribution in [2.45, 2.75) is 24.4 Å². The monoisotopic (exact) mass is 560 g/mol. The average molecular weight is 561 g/mol. The normalized spacial score (nSPS) is 23.1. The maximum absolute atomic E-state index is 14.7. The molecule has 2 aromatic carbocycles. The zero-order valence-corrected chi connectivity index (χ0v) is 21.5. The van der Waals surface area contributed by atoms with Gasteiger partial charge in [-0.2, -0.15) is 4.98 Å². The highest BCUT2D eigenvalue weighted by Gasteiger charge is 2.48. The van der Waals surface area contributed by atoms with Gasteiger partial charge in [-0.3, -0.25) is 4.72 Å². The van der Waals surface area contributed by atoms with Crippen molar-refractivity contribution >= 4 is 38.5 Å². The maximum atomic E-state index is 14.7. The van der Waals surface area contributed by atoms with Crippen molar-refractivity contribution in [3.63, 3.8) is 0 Å². The number of aliphatic hydroxyl groups excluding tert-OH is 1. The topological polar surface area (TPSA) is 136 Å². The van der Waals surface area contributed by atoms with E-state index in [9.17, 15) is 17.9 Å². The Balaban J connectivity index is 1.23. The van der Waals surface area contributed by atoms with Crippen LogP contribution >= 0.6 is 11.6 Å². The number of aromatic amines is 1. The number of H-pyrrole nitrogens is 1. The van der Waals surface area contributed by atoms with Gasteiger partial charge >= 0.3 is 0 Å². The Labute approximate surface area is 221 Å². The number of benzene rings is 2. The van der Waals surface area contributed by atoms with Gasteiger partial charge in [0.05, 0.1) is 41.4 Å². The second-order valence-corrected chi connectivity index (χ2v) is 11.4. The number of anilines is 1. The lowest BCUT2D eigenvalue weighted by Crippen LogP contribution is -2.34. The third-order valence-electron chi connectivity index (χ3n) is 6.39. The first-order valence-corrected chi connectivity index (χ1v) is 13.9. The molecule has 2 saturated heterocycles. The second kappa shape index (κ2) is 9.47. The van der Waals surface area contributed by atoms with Gasteiger partial charge in [-0.1, -0.05) is 35.9 Å². The first kappa shape index (κ1) is 25.0. The van der Waals surface area contributed by atoms with Crippen LogP contribution in [-0.4, -0.2) is 72.4 Å². The fraction of sp³-hybridized carbons (Fsp3) is 0.280. The van der Waals surface area contributed by atoms with Crippen LogP contribution in [0, 0.1) is 5.82 Å². The predicted octanol–water partition coefficient (Wildman–Crippen LogP) is 3.36. The van der Waals surface area contributed by atoms with Gasteiger partial charge in [-0.15, -0.1) is 0 Å². The Morgan fingerprint density at radius 3 is 2.55 bits per heavy atom. The average Bonchev–Trinajstić information content (AvgIpc) is 3.54. The van der Waals surface area contributed by atoms with Crippen LogP contribution in [0.2, 0.25) is 5.02 Å². The minimum atomic E-state index is -3.51. The molecule has 4 heterocycles. The third kappa shape index (κ3) is 4.81. The summed E-state index contributed by atoms with van der Waals surface area (Å²) in [7, 11) is -3.51. The minimum Gasteiger partial charge on any atom is -0.456 e. The number of nitrogens with zero attached hydrogens (tertiary/aromatic N) is 2. The molecule has 2 aliphatic heterocycles. The van der Waals surface area contributed by atoms with Gasteiger partial charge in [-0.05, 0) is 29.8 Å². The van der Waals surface area contributed by atoms with Crippen LogP contribution in [-0.2, 0) is 19.5 Å². The van der Waals surface area contributed by atoms with E-state index in [2.05, 4.69) is 19.7 Å². The number of hydrogen-bond acceptors (Lipinski definition) is 8. The van der Waals surface area contributed by atoms with Gasteiger partial charge in [0, 0.05) is 11.1 Å². The van der Waals surface area contributed by atoms with Crippen LogP contribution in [0.15, 0.2) is 48.5 Å². The molecule has 2 aliphatic rings. The molecule has 198 valence electrons. The molecule has 3 N–H and O–H groups in total. The number of nitrogens with one attached hydrogen (secondary N) is 2. The number of pyridine rings is 1. The van der Waals surface area contributed by atoms with Crippen LogP contribution in [0.25, 0.3) is 33.5 Å². The number of imidazole rings is 1. The van der Waals surface area contributed by atoms with E-state index in [-0.39, 0.29) is 31.0 Å². The van der Waals surface area contributed by atoms with Gasteiger partial charge in [0.2, 0.25) is 10.0 Å². The highest BCUT2D eigenvalue weighted by molar-refractivity contribution is 7.92. The molecule has 0 aliphatic carbocycles. The van der Waals surface area contributed by atoms with Crippen molar-refractivity contribution in [1.29, 1.82) is 0 Å². The van der Waals surface area contributed by atoms with Crippen molar-refractivity contribution < 1.29 is 32.1 Å². The number of aliphatic hydroxyl groups is 1. The SMILES string of the molecule is CS(=O)(=O)Nc1ccc(-c2ccc(-c3nc4nc(O[C@@H]5CO[C@H]6[C@@H]5OC[C@H]6O)[nH]c4cc3Cl)cc2)c(F)c1. The Morgan fingerprint density at radius 2 is 1.82 bits per heavy atom. The molecule has 2 aromatic heterocycles. The number of halogens is 2. The molecule has 0 unspecified atom stereocenters. The summed E-state index contributed by atoms with van der Waals surface area (Å²) in [5, 5.41) is 10.3. The number of sulfonamides is 1. The molecule has 0 saturated carbocycles. The zero-order chi connectivity index (χ0) is 26.6. The summed E-state index contributed by atoms with van der Waals surface area (Å²) in [6, 6.07) is 13.1. The molecule has 0 spiro atoms. The van der Waals surface area contributed by atoms with E-state index in [4.69, 9.17) is 25.8 Å². The van der Waals surface area contributed by atoms with Crippen LogP contribution in [0.4, 0.5) is 10.1 Å². The number of aromatic nitrogens is 3. The van der Waals surface area contributed by atoms with Crippen molar-refractivity contribution in [3.05, 3.63) is 59.4 Å². The van der Waals surface area contributed by atoms with Gasteiger partial charge in [-0.25, -0.2) is 17.8 Å². The quantitative estimate of drug-likeness (QED) is 0.327. The molecule has 13 heteroatoms. The number of ether oxygens (including phenoxy) is 3. The van der Waals surface area contributed by atoms with E-state index in [0.717, 1.165) is 12.3 Å². The largest absolute Gasteiger partial charge is 0.456 e. The van der Waals surface area contributed by atoms with Crippen LogP contribution in [0.1, 0.15) is 0 Å². The van der Waals surface area contributed by atoms with E-state index in [0.29, 0.717) is 38.6 Å². The van der Waals surface area contributed by atoms with E-state index in [1.165, 1.54) is 12.1 Å². The van der Waals surface area contributed by atoms with Crippen molar-refractivity contribution in [2.75, 3.05) is 24.2 Å². The molecule has 0 bridgehead atoms. The molecule has 10 nitrogen and oxygen atoms in total. The van der Waals surface area contributed by atoms with E-state index in [1.54, 1.807) is 30.3 Å². The van der Waals surface area contributed by atoms with Crippen LogP contribution in [0.5, 0.6) is 6.01 Å². The first-order chi connectivity index (χ1) is 18.1. The summed E-state index contributed by atoms with van der Waals surface area (Å²) in [6.07, 6.45) is -0.882. The number of fused-ring (bicyclic) bond motifs is 2. The Hall–Kier alpha value is -3.29. The third-order valence-corrected chi connectivity index (χ3v) is 7.29. The minimum absolute atomic E-state index is 0.144. The van der Waals surface area contributed by atoms with E-state index in [1.807, 2.05) is 0 Å².